The van der Waals surface area contributed by atoms with Gasteiger partial charge in [-0.3, -0.25) is 19.7 Å². The van der Waals surface area contributed by atoms with Gasteiger partial charge in [-0.2, -0.15) is 0 Å². The molecule has 0 aromatic heterocycles. The number of carbonyl (C=O) groups is 3. The van der Waals surface area contributed by atoms with Gasteiger partial charge in [-0.05, 0) is 42.3 Å². The Balaban J connectivity index is 1.55. The summed E-state index contributed by atoms with van der Waals surface area (Å²) < 4.78 is 10.6. The number of nitrogens with zero attached hydrogens (tertiary/aromatic N) is 2. The van der Waals surface area contributed by atoms with Crippen LogP contribution < -0.4 is 10.1 Å². The Morgan fingerprint density at radius 3 is 2.41 bits per heavy atom. The highest BCUT2D eigenvalue weighted by Gasteiger charge is 2.52. The van der Waals surface area contributed by atoms with Crippen molar-refractivity contribution in [1.82, 2.24) is 10.2 Å². The minimum absolute atomic E-state index is 0.0895. The predicted octanol–water partition coefficient (Wildman–Crippen LogP) is 2.55. The number of nitro benzene ring substituents is 1. The van der Waals surface area contributed by atoms with Gasteiger partial charge in [0.2, 0.25) is 0 Å². The minimum Gasteiger partial charge on any atom is -0.484 e. The van der Waals surface area contributed by atoms with Crippen LogP contribution in [0.15, 0.2) is 66.7 Å². The summed E-state index contributed by atoms with van der Waals surface area (Å²) in [7, 11) is 0. The number of nitrogens with one attached hydrogen (secondary N) is 1. The highest BCUT2D eigenvalue weighted by atomic mass is 35.5. The number of carbonyl (C=O) groups excluding carboxylic acids is 3. The number of esters is 1. The van der Waals surface area contributed by atoms with Crippen LogP contribution >= 0.6 is 11.6 Å². The predicted molar refractivity (Wildman–Crippen MR) is 122 cm³/mol. The number of nitro groups is 1. The third kappa shape index (κ3) is 5.70. The number of hydrogen-bond donors (Lipinski definition) is 1. The van der Waals surface area contributed by atoms with E-state index in [1.54, 1.807) is 31.2 Å². The molecule has 2 aromatic rings. The zero-order valence-electron chi connectivity index (χ0n) is 18.2. The molecule has 0 saturated carbocycles. The van der Waals surface area contributed by atoms with Crippen LogP contribution in [0, 0.1) is 10.1 Å². The first kappa shape index (κ1) is 24.7. The number of likely N-dealkylation sites (tertiary alicyclic amines) is 1. The molecule has 2 aromatic carbocycles. The summed E-state index contributed by atoms with van der Waals surface area (Å²) >= 11 is 6.32. The number of halogens is 1. The summed E-state index contributed by atoms with van der Waals surface area (Å²) in [5, 5.41) is 13.2. The molecular formula is C23H22ClN3O7. The Hall–Kier alpha value is -3.92. The molecule has 1 heterocycles. The Morgan fingerprint density at radius 1 is 1.21 bits per heavy atom. The first-order valence-corrected chi connectivity index (χ1v) is 10.6. The van der Waals surface area contributed by atoms with E-state index in [-0.39, 0.29) is 18.9 Å². The molecule has 0 bridgehead atoms. The molecule has 0 radical (unpaired) electrons. The molecule has 1 fully saturated rings. The lowest BCUT2D eigenvalue weighted by atomic mass is 9.99. The van der Waals surface area contributed by atoms with Gasteiger partial charge in [0.05, 0.1) is 4.92 Å². The number of amides is 2. The molecule has 0 aliphatic carbocycles. The number of alkyl halides is 1. The van der Waals surface area contributed by atoms with Gasteiger partial charge in [-0.15, -0.1) is 0 Å². The Morgan fingerprint density at radius 2 is 1.85 bits per heavy atom. The van der Waals surface area contributed by atoms with E-state index in [4.69, 9.17) is 21.1 Å². The standard InChI is InChI=1S/C23H22ClN3O7/c1-14(2)20(23(30)34-12-15-8-10-16(11-9-15)27(31)32)26-21(24)19(22(26)29)25-18(28)13-33-17-6-4-3-5-7-17/h3-11,19-21H,1,12-13H2,2H3,(H,25,28)/t19-,20?,21-/m0/s1. The van der Waals surface area contributed by atoms with E-state index in [0.717, 1.165) is 4.90 Å². The largest absolute Gasteiger partial charge is 0.484 e. The average molecular weight is 488 g/mol. The SMILES string of the molecule is C=C(C)C(C(=O)OCc1ccc([N+](=O)[O-])cc1)N1C(=O)[C@@H](NC(=O)COc2ccccc2)[C@H]1Cl. The van der Waals surface area contributed by atoms with Crippen molar-refractivity contribution in [2.75, 3.05) is 6.61 Å². The summed E-state index contributed by atoms with van der Waals surface area (Å²) in [6.45, 7) is 4.83. The number of non-ortho nitro benzene ring substituents is 1. The van der Waals surface area contributed by atoms with Crippen LogP contribution in [-0.2, 0) is 25.7 Å². The number of rotatable bonds is 10. The second-order valence-electron chi connectivity index (χ2n) is 7.55. The topological polar surface area (TPSA) is 128 Å². The van der Waals surface area contributed by atoms with Crippen molar-refractivity contribution in [2.24, 2.45) is 0 Å². The molecule has 3 atom stereocenters. The maximum atomic E-state index is 12.7. The van der Waals surface area contributed by atoms with Gasteiger partial charge in [0.15, 0.2) is 12.6 Å². The third-order valence-electron chi connectivity index (χ3n) is 4.99. The number of para-hydroxylation sites is 1. The molecular weight excluding hydrogens is 466 g/mol. The lowest BCUT2D eigenvalue weighted by Gasteiger charge is -2.47. The maximum absolute atomic E-state index is 12.7. The fourth-order valence-corrected chi connectivity index (χ4v) is 3.64. The van der Waals surface area contributed by atoms with Crippen molar-refractivity contribution < 1.29 is 28.8 Å². The highest BCUT2D eigenvalue weighted by Crippen LogP contribution is 2.30. The van der Waals surface area contributed by atoms with Crippen molar-refractivity contribution in [3.63, 3.8) is 0 Å². The van der Waals surface area contributed by atoms with Gasteiger partial charge in [0.25, 0.3) is 17.5 Å². The number of benzene rings is 2. The minimum atomic E-state index is -1.15. The van der Waals surface area contributed by atoms with E-state index in [1.165, 1.54) is 24.3 Å². The van der Waals surface area contributed by atoms with Gasteiger partial charge in [-0.1, -0.05) is 36.4 Å². The van der Waals surface area contributed by atoms with Gasteiger partial charge in [-0.25, -0.2) is 4.79 Å². The quantitative estimate of drug-likeness (QED) is 0.104. The summed E-state index contributed by atoms with van der Waals surface area (Å²) in [6, 6.07) is 12.0. The molecule has 34 heavy (non-hydrogen) atoms. The lowest BCUT2D eigenvalue weighted by molar-refractivity contribution is -0.384. The van der Waals surface area contributed by atoms with Crippen LogP contribution in [0.5, 0.6) is 5.75 Å². The number of β-lactam (4-membered cyclic amide) rings is 1. The van der Waals surface area contributed by atoms with Crippen LogP contribution in [-0.4, -0.2) is 51.8 Å². The summed E-state index contributed by atoms with van der Waals surface area (Å²) in [5.41, 5.74) is -0.236. The van der Waals surface area contributed by atoms with Crippen molar-refractivity contribution >= 4 is 35.1 Å². The summed E-state index contributed by atoms with van der Waals surface area (Å²) in [5.74, 6) is -1.37. The zero-order valence-corrected chi connectivity index (χ0v) is 18.9. The lowest BCUT2D eigenvalue weighted by Crippen LogP contribution is -2.72. The van der Waals surface area contributed by atoms with E-state index in [9.17, 15) is 24.5 Å². The Kier molecular flexibility index (Phi) is 7.85. The maximum Gasteiger partial charge on any atom is 0.333 e. The van der Waals surface area contributed by atoms with Gasteiger partial charge < -0.3 is 19.7 Å². The van der Waals surface area contributed by atoms with E-state index in [0.29, 0.717) is 16.9 Å². The van der Waals surface area contributed by atoms with Crippen molar-refractivity contribution in [3.05, 3.63) is 82.4 Å². The van der Waals surface area contributed by atoms with Crippen LogP contribution in [0.4, 0.5) is 5.69 Å². The van der Waals surface area contributed by atoms with Crippen LogP contribution in [0.3, 0.4) is 0 Å². The van der Waals surface area contributed by atoms with Gasteiger partial charge in [0, 0.05) is 12.1 Å². The molecule has 1 unspecified atom stereocenters. The molecule has 178 valence electrons. The molecule has 10 nitrogen and oxygen atoms in total. The van der Waals surface area contributed by atoms with E-state index < -0.39 is 40.3 Å². The molecule has 1 saturated heterocycles. The van der Waals surface area contributed by atoms with Crippen LogP contribution in [0.25, 0.3) is 0 Å². The average Bonchev–Trinajstić information content (AvgIpc) is 2.83. The monoisotopic (exact) mass is 487 g/mol. The fourth-order valence-electron chi connectivity index (χ4n) is 3.26. The zero-order chi connectivity index (χ0) is 24.8. The second kappa shape index (κ2) is 10.8. The number of ether oxygens (including phenoxy) is 2. The van der Waals surface area contributed by atoms with Crippen molar-refractivity contribution in [1.29, 1.82) is 0 Å². The molecule has 1 aliphatic rings. The van der Waals surface area contributed by atoms with Gasteiger partial charge >= 0.3 is 5.97 Å². The van der Waals surface area contributed by atoms with Crippen molar-refractivity contribution in [3.8, 4) is 5.75 Å². The van der Waals surface area contributed by atoms with E-state index >= 15 is 0 Å². The molecule has 1 N–H and O–H groups in total. The molecule has 1 aliphatic heterocycles. The van der Waals surface area contributed by atoms with Gasteiger partial charge in [0.1, 0.15) is 23.9 Å². The molecule has 2 amide bonds. The normalized spacial score (nSPS) is 17.8. The highest BCUT2D eigenvalue weighted by molar-refractivity contribution is 6.27. The second-order valence-corrected chi connectivity index (χ2v) is 7.99. The Labute approximate surface area is 200 Å². The smallest absolute Gasteiger partial charge is 0.333 e. The molecule has 3 rings (SSSR count). The summed E-state index contributed by atoms with van der Waals surface area (Å²) in [6.07, 6.45) is 0. The van der Waals surface area contributed by atoms with E-state index in [2.05, 4.69) is 11.9 Å². The fraction of sp³-hybridized carbons (Fsp3) is 0.261. The molecule has 11 heteroatoms. The van der Waals surface area contributed by atoms with E-state index in [1.807, 2.05) is 6.07 Å². The summed E-state index contributed by atoms with van der Waals surface area (Å²) in [4.78, 5) is 48.8. The molecule has 0 spiro atoms. The van der Waals surface area contributed by atoms with Crippen molar-refractivity contribution in [2.45, 2.75) is 31.1 Å². The number of hydrogen-bond acceptors (Lipinski definition) is 7. The third-order valence-corrected chi connectivity index (χ3v) is 5.45. The first-order chi connectivity index (χ1) is 16.2. The van der Waals surface area contributed by atoms with Crippen LogP contribution in [0.1, 0.15) is 12.5 Å². The Bertz CT molecular complexity index is 1090. The van der Waals surface area contributed by atoms with Crippen LogP contribution in [0.2, 0.25) is 0 Å². The first-order valence-electron chi connectivity index (χ1n) is 10.2.